The number of rotatable bonds is 7. The van der Waals surface area contributed by atoms with Gasteiger partial charge in [0.25, 0.3) is 5.91 Å². The van der Waals surface area contributed by atoms with Crippen molar-refractivity contribution >= 4 is 11.8 Å². The van der Waals surface area contributed by atoms with Gasteiger partial charge < -0.3 is 10.6 Å². The number of hydrogen-bond donors (Lipinski definition) is 2. The number of fused-ring (bicyclic) bond motifs is 1. The number of nitrogens with zero attached hydrogens (tertiary/aromatic N) is 1. The number of halogens is 1. The molecule has 2 aromatic rings. The zero-order valence-electron chi connectivity index (χ0n) is 17.0. The minimum absolute atomic E-state index is 0.0575. The summed E-state index contributed by atoms with van der Waals surface area (Å²) in [6.07, 6.45) is 1.01. The third-order valence-electron chi connectivity index (χ3n) is 5.29. The first-order chi connectivity index (χ1) is 14.0. The average Bonchev–Trinajstić information content (AvgIpc) is 2.71. The molecule has 0 spiro atoms. The molecule has 154 valence electrons. The van der Waals surface area contributed by atoms with Gasteiger partial charge in [-0.3, -0.25) is 14.5 Å². The molecule has 0 aromatic heterocycles. The van der Waals surface area contributed by atoms with E-state index in [4.69, 9.17) is 0 Å². The largest absolute Gasteiger partial charge is 0.353 e. The van der Waals surface area contributed by atoms with Crippen molar-refractivity contribution in [1.29, 1.82) is 0 Å². The third kappa shape index (κ3) is 5.41. The van der Waals surface area contributed by atoms with E-state index in [1.807, 2.05) is 13.8 Å². The van der Waals surface area contributed by atoms with Crippen molar-refractivity contribution in [2.75, 3.05) is 19.6 Å². The number of benzene rings is 2. The van der Waals surface area contributed by atoms with Crippen molar-refractivity contribution in [1.82, 2.24) is 15.5 Å². The van der Waals surface area contributed by atoms with Crippen molar-refractivity contribution in [3.63, 3.8) is 0 Å². The number of hydrogen-bond acceptors (Lipinski definition) is 3. The van der Waals surface area contributed by atoms with Crippen LogP contribution in [-0.2, 0) is 17.8 Å². The van der Waals surface area contributed by atoms with Crippen LogP contribution in [0.4, 0.5) is 4.39 Å². The van der Waals surface area contributed by atoms with Gasteiger partial charge in [0.2, 0.25) is 5.91 Å². The van der Waals surface area contributed by atoms with E-state index in [-0.39, 0.29) is 17.4 Å². The van der Waals surface area contributed by atoms with Crippen LogP contribution in [0.2, 0.25) is 0 Å². The normalized spacial score (nSPS) is 14.9. The summed E-state index contributed by atoms with van der Waals surface area (Å²) in [6.45, 7) is 6.79. The molecule has 1 atom stereocenters. The van der Waals surface area contributed by atoms with Crippen molar-refractivity contribution in [3.8, 4) is 0 Å². The summed E-state index contributed by atoms with van der Waals surface area (Å²) in [5, 5.41) is 5.59. The number of nitrogens with one attached hydrogen (secondary N) is 2. The Morgan fingerprint density at radius 2 is 1.76 bits per heavy atom. The van der Waals surface area contributed by atoms with E-state index in [2.05, 4.69) is 39.8 Å². The predicted molar refractivity (Wildman–Crippen MR) is 111 cm³/mol. The lowest BCUT2D eigenvalue weighted by Gasteiger charge is -2.29. The van der Waals surface area contributed by atoms with Crippen LogP contribution in [0.15, 0.2) is 48.5 Å². The molecule has 1 aliphatic heterocycles. The fourth-order valence-corrected chi connectivity index (χ4v) is 3.59. The summed E-state index contributed by atoms with van der Waals surface area (Å²) in [4.78, 5) is 27.3. The summed E-state index contributed by atoms with van der Waals surface area (Å²) in [7, 11) is 0. The Hall–Kier alpha value is -2.73. The van der Waals surface area contributed by atoms with Crippen LogP contribution in [0, 0.1) is 11.7 Å². The fourth-order valence-electron chi connectivity index (χ4n) is 3.59. The summed E-state index contributed by atoms with van der Waals surface area (Å²) in [5.74, 6) is -1.54. The van der Waals surface area contributed by atoms with Gasteiger partial charge in [0, 0.05) is 26.2 Å². The van der Waals surface area contributed by atoms with Crippen LogP contribution in [0.3, 0.4) is 0 Å². The molecule has 2 N–H and O–H groups in total. The zero-order chi connectivity index (χ0) is 20.8. The fraction of sp³-hybridized carbons (Fsp3) is 0.391. The van der Waals surface area contributed by atoms with Crippen molar-refractivity contribution in [2.45, 2.75) is 32.9 Å². The molecule has 0 saturated carbocycles. The minimum atomic E-state index is -0.718. The summed E-state index contributed by atoms with van der Waals surface area (Å²) >= 11 is 0. The molecule has 0 unspecified atom stereocenters. The second kappa shape index (κ2) is 9.65. The second-order valence-corrected chi connectivity index (χ2v) is 7.76. The quantitative estimate of drug-likeness (QED) is 0.755. The van der Waals surface area contributed by atoms with Crippen LogP contribution >= 0.6 is 0 Å². The highest BCUT2D eigenvalue weighted by molar-refractivity contribution is 5.97. The van der Waals surface area contributed by atoms with Crippen molar-refractivity contribution < 1.29 is 14.0 Å². The highest BCUT2D eigenvalue weighted by Crippen LogP contribution is 2.17. The first-order valence-corrected chi connectivity index (χ1v) is 10.1. The maximum atomic E-state index is 13.8. The second-order valence-electron chi connectivity index (χ2n) is 7.76. The van der Waals surface area contributed by atoms with Gasteiger partial charge in [-0.05, 0) is 35.6 Å². The van der Waals surface area contributed by atoms with Crippen molar-refractivity contribution in [3.05, 3.63) is 71.0 Å². The maximum absolute atomic E-state index is 13.8. The number of carbonyl (C=O) groups excluding carboxylic acids is 2. The van der Waals surface area contributed by atoms with E-state index in [1.54, 1.807) is 6.07 Å². The molecule has 3 rings (SSSR count). The first kappa shape index (κ1) is 21.0. The van der Waals surface area contributed by atoms with Gasteiger partial charge in [-0.2, -0.15) is 0 Å². The molecule has 0 fully saturated rings. The Labute approximate surface area is 171 Å². The minimum Gasteiger partial charge on any atom is -0.353 e. The lowest BCUT2D eigenvalue weighted by molar-refractivity contribution is -0.124. The van der Waals surface area contributed by atoms with Gasteiger partial charge in [0.1, 0.15) is 11.9 Å². The van der Waals surface area contributed by atoms with E-state index < -0.39 is 17.8 Å². The highest BCUT2D eigenvalue weighted by atomic mass is 19.1. The maximum Gasteiger partial charge on any atom is 0.254 e. The molecule has 0 radical (unpaired) electrons. The highest BCUT2D eigenvalue weighted by Gasteiger charge is 2.25. The Morgan fingerprint density at radius 3 is 2.48 bits per heavy atom. The molecular weight excluding hydrogens is 369 g/mol. The predicted octanol–water partition coefficient (Wildman–Crippen LogP) is 2.75. The lowest BCUT2D eigenvalue weighted by Crippen LogP contribution is -2.51. The Morgan fingerprint density at radius 1 is 1.07 bits per heavy atom. The number of amides is 2. The van der Waals surface area contributed by atoms with Gasteiger partial charge >= 0.3 is 0 Å². The van der Waals surface area contributed by atoms with Gasteiger partial charge in [-0.25, -0.2) is 4.39 Å². The van der Waals surface area contributed by atoms with Crippen LogP contribution in [0.5, 0.6) is 0 Å². The van der Waals surface area contributed by atoms with Crippen LogP contribution in [0.1, 0.15) is 35.3 Å². The van der Waals surface area contributed by atoms with E-state index in [0.29, 0.717) is 6.54 Å². The standard InChI is InChI=1S/C23H28FN3O2/c1-16(2)21(26-22(28)19-9-5-6-10-20(19)24)23(29)25-12-14-27-13-11-17-7-3-4-8-18(17)15-27/h3-10,16,21H,11-15H2,1-2H3,(H,25,29)(H,26,28)/t21-/m0/s1. The average molecular weight is 397 g/mol. The monoisotopic (exact) mass is 397 g/mol. The summed E-state index contributed by atoms with van der Waals surface area (Å²) in [6, 6.07) is 13.5. The molecule has 0 saturated heterocycles. The Balaban J connectivity index is 1.51. The molecule has 0 aliphatic carbocycles. The van der Waals surface area contributed by atoms with E-state index in [9.17, 15) is 14.0 Å². The molecule has 5 nitrogen and oxygen atoms in total. The van der Waals surface area contributed by atoms with Gasteiger partial charge in [-0.15, -0.1) is 0 Å². The van der Waals surface area contributed by atoms with Gasteiger partial charge in [0.15, 0.2) is 0 Å². The number of carbonyl (C=O) groups is 2. The topological polar surface area (TPSA) is 61.4 Å². The van der Waals surface area contributed by atoms with E-state index >= 15 is 0 Å². The van der Waals surface area contributed by atoms with E-state index in [0.717, 1.165) is 26.1 Å². The molecule has 6 heteroatoms. The third-order valence-corrected chi connectivity index (χ3v) is 5.29. The lowest BCUT2D eigenvalue weighted by atomic mass is 10.00. The van der Waals surface area contributed by atoms with Crippen LogP contribution in [0.25, 0.3) is 0 Å². The van der Waals surface area contributed by atoms with Crippen LogP contribution < -0.4 is 10.6 Å². The molecule has 2 aromatic carbocycles. The molecule has 1 aliphatic rings. The molecule has 2 amide bonds. The molecule has 1 heterocycles. The Bertz CT molecular complexity index is 869. The van der Waals surface area contributed by atoms with Crippen molar-refractivity contribution in [2.24, 2.45) is 5.92 Å². The Kier molecular flexibility index (Phi) is 6.99. The zero-order valence-corrected chi connectivity index (χ0v) is 17.0. The van der Waals surface area contributed by atoms with E-state index in [1.165, 1.54) is 29.3 Å². The molecule has 29 heavy (non-hydrogen) atoms. The SMILES string of the molecule is CC(C)[C@H](NC(=O)c1ccccc1F)C(=O)NCCN1CCc2ccccc2C1. The summed E-state index contributed by atoms with van der Waals surface area (Å²) in [5.41, 5.74) is 2.67. The molecular formula is C23H28FN3O2. The first-order valence-electron chi connectivity index (χ1n) is 10.1. The van der Waals surface area contributed by atoms with Crippen LogP contribution in [-0.4, -0.2) is 42.4 Å². The smallest absolute Gasteiger partial charge is 0.254 e. The van der Waals surface area contributed by atoms with Gasteiger partial charge in [0.05, 0.1) is 5.56 Å². The molecule has 0 bridgehead atoms. The summed E-state index contributed by atoms with van der Waals surface area (Å²) < 4.78 is 13.8. The van der Waals surface area contributed by atoms with Gasteiger partial charge in [-0.1, -0.05) is 50.2 Å².